The normalized spacial score (nSPS) is 26.2. The van der Waals surface area contributed by atoms with E-state index in [1.54, 1.807) is 0 Å². The second kappa shape index (κ2) is 10.8. The Morgan fingerprint density at radius 3 is 2.75 bits per heavy atom. The Morgan fingerprint density at radius 2 is 2.00 bits per heavy atom. The molecule has 0 radical (unpaired) electrons. The van der Waals surface area contributed by atoms with Gasteiger partial charge in [-0.05, 0) is 43.7 Å². The molecule has 0 aliphatic carbocycles. The Hall–Kier alpha value is -1.89. The minimum Gasteiger partial charge on any atom is -0.396 e. The quantitative estimate of drug-likeness (QED) is 0.608. The van der Waals surface area contributed by atoms with Crippen LogP contribution in [-0.4, -0.2) is 71.2 Å². The number of carbonyl (C=O) groups excluding carboxylic acids is 1. The van der Waals surface area contributed by atoms with Gasteiger partial charge in [0.25, 0.3) is 0 Å². The number of nitrogens with one attached hydrogen (secondary N) is 1. The van der Waals surface area contributed by atoms with Gasteiger partial charge in [0.2, 0.25) is 5.91 Å². The van der Waals surface area contributed by atoms with Crippen LogP contribution in [-0.2, 0) is 4.79 Å². The lowest BCUT2D eigenvalue weighted by molar-refractivity contribution is -0.135. The van der Waals surface area contributed by atoms with Crippen molar-refractivity contribution in [2.24, 2.45) is 5.92 Å². The first-order valence-electron chi connectivity index (χ1n) is 12.5. The van der Waals surface area contributed by atoms with Crippen molar-refractivity contribution in [2.75, 3.05) is 39.3 Å². The molecule has 0 spiro atoms. The second-order valence-corrected chi connectivity index (χ2v) is 9.90. The summed E-state index contributed by atoms with van der Waals surface area (Å²) in [5, 5.41) is 11.9. The fraction of sp³-hybridized carbons (Fsp3) is 0.654. The zero-order valence-electron chi connectivity index (χ0n) is 19.8. The van der Waals surface area contributed by atoms with Crippen LogP contribution in [0.2, 0.25) is 0 Å². The Bertz CT molecular complexity index is 794. The van der Waals surface area contributed by atoms with Crippen LogP contribution in [0.3, 0.4) is 0 Å². The largest absolute Gasteiger partial charge is 0.396 e. The highest BCUT2D eigenvalue weighted by Gasteiger charge is 2.36. The van der Waals surface area contributed by atoms with Gasteiger partial charge in [0.05, 0.1) is 18.6 Å². The maximum atomic E-state index is 13.1. The highest BCUT2D eigenvalue weighted by Crippen LogP contribution is 2.31. The number of hydrogen-bond acceptors (Lipinski definition) is 5. The lowest BCUT2D eigenvalue weighted by Gasteiger charge is -2.43. The average Bonchev–Trinajstić information content (AvgIpc) is 3.24. The number of aliphatic hydroxyl groups excluding tert-OH is 1. The van der Waals surface area contributed by atoms with Gasteiger partial charge in [-0.15, -0.1) is 0 Å². The van der Waals surface area contributed by atoms with Crippen LogP contribution in [0.15, 0.2) is 36.0 Å². The number of piperidine rings is 1. The van der Waals surface area contributed by atoms with Crippen molar-refractivity contribution in [3.63, 3.8) is 0 Å². The predicted octanol–water partition coefficient (Wildman–Crippen LogP) is 3.24. The number of amides is 1. The van der Waals surface area contributed by atoms with Gasteiger partial charge in [-0.3, -0.25) is 9.69 Å². The summed E-state index contributed by atoms with van der Waals surface area (Å²) in [6, 6.07) is 9.36. The zero-order chi connectivity index (χ0) is 22.5. The summed E-state index contributed by atoms with van der Waals surface area (Å²) < 4.78 is 0. The number of carbonyl (C=O) groups is 1. The van der Waals surface area contributed by atoms with Crippen LogP contribution < -0.4 is 5.43 Å². The summed E-state index contributed by atoms with van der Waals surface area (Å²) in [4.78, 5) is 17.4. The molecule has 3 unspecified atom stereocenters. The molecule has 4 rings (SSSR count). The van der Waals surface area contributed by atoms with E-state index in [4.69, 9.17) is 0 Å². The number of nitrogens with zero attached hydrogens (tertiary/aromatic N) is 3. The van der Waals surface area contributed by atoms with E-state index in [9.17, 15) is 9.90 Å². The molecule has 1 aromatic carbocycles. The standard InChI is InChI=1S/C26H40N4O2/c1-3-4-5-8-23-16-28(18-26(32)29-13-6-7-21(15-29)19-31)17-24-14-25(27-30(23)24)22-11-9-20(2)10-12-22/h9-12,14,21,23,25,27,31H,3-8,13,15-19H2,1-2H3. The van der Waals surface area contributed by atoms with Gasteiger partial charge >= 0.3 is 0 Å². The van der Waals surface area contributed by atoms with E-state index in [1.165, 1.54) is 36.1 Å². The first-order chi connectivity index (χ1) is 15.6. The molecule has 3 aliphatic rings. The highest BCUT2D eigenvalue weighted by molar-refractivity contribution is 5.78. The van der Waals surface area contributed by atoms with Crippen LogP contribution in [0.1, 0.15) is 62.6 Å². The van der Waals surface area contributed by atoms with Crippen molar-refractivity contribution >= 4 is 5.91 Å². The molecule has 2 N–H and O–H groups in total. The van der Waals surface area contributed by atoms with E-state index in [-0.39, 0.29) is 24.5 Å². The van der Waals surface area contributed by atoms with Gasteiger partial charge in [-0.2, -0.15) is 0 Å². The topological polar surface area (TPSA) is 59.1 Å². The number of rotatable bonds is 8. The Labute approximate surface area is 193 Å². The molecule has 6 heteroatoms. The van der Waals surface area contributed by atoms with Crippen LogP contribution in [0.5, 0.6) is 0 Å². The maximum absolute atomic E-state index is 13.1. The van der Waals surface area contributed by atoms with Crippen molar-refractivity contribution in [3.05, 3.63) is 47.2 Å². The minimum absolute atomic E-state index is 0.181. The molecule has 0 saturated carbocycles. The van der Waals surface area contributed by atoms with Gasteiger partial charge in [0.1, 0.15) is 0 Å². The summed E-state index contributed by atoms with van der Waals surface area (Å²) in [6.07, 6.45) is 9.19. The summed E-state index contributed by atoms with van der Waals surface area (Å²) in [5.74, 6) is 0.453. The molecular formula is C26H40N4O2. The van der Waals surface area contributed by atoms with Crippen molar-refractivity contribution in [2.45, 2.75) is 64.5 Å². The van der Waals surface area contributed by atoms with E-state index in [0.29, 0.717) is 19.1 Å². The fourth-order valence-electron chi connectivity index (χ4n) is 5.33. The Morgan fingerprint density at radius 1 is 1.19 bits per heavy atom. The number of aliphatic hydroxyl groups is 1. The molecule has 176 valence electrons. The third-order valence-electron chi connectivity index (χ3n) is 7.23. The predicted molar refractivity (Wildman–Crippen MR) is 128 cm³/mol. The zero-order valence-corrected chi connectivity index (χ0v) is 19.8. The Balaban J connectivity index is 1.44. The summed E-state index contributed by atoms with van der Waals surface area (Å²) in [6.45, 7) is 8.28. The monoisotopic (exact) mass is 440 g/mol. The number of benzene rings is 1. The molecule has 1 aromatic rings. The van der Waals surface area contributed by atoms with E-state index >= 15 is 0 Å². The van der Waals surface area contributed by atoms with Gasteiger partial charge in [-0.25, -0.2) is 5.43 Å². The second-order valence-electron chi connectivity index (χ2n) is 9.90. The number of piperazine rings is 1. The van der Waals surface area contributed by atoms with Gasteiger partial charge < -0.3 is 15.0 Å². The molecule has 6 nitrogen and oxygen atoms in total. The first-order valence-corrected chi connectivity index (χ1v) is 12.5. The maximum Gasteiger partial charge on any atom is 0.236 e. The first kappa shape index (κ1) is 23.3. The molecule has 2 fully saturated rings. The molecule has 32 heavy (non-hydrogen) atoms. The van der Waals surface area contributed by atoms with E-state index < -0.39 is 0 Å². The van der Waals surface area contributed by atoms with Crippen molar-refractivity contribution in [1.29, 1.82) is 0 Å². The van der Waals surface area contributed by atoms with Crippen LogP contribution >= 0.6 is 0 Å². The Kier molecular flexibility index (Phi) is 7.87. The molecule has 3 aliphatic heterocycles. The molecule has 1 amide bonds. The molecule has 0 aromatic heterocycles. The number of fused-ring (bicyclic) bond motifs is 1. The minimum atomic E-state index is 0.181. The average molecular weight is 441 g/mol. The van der Waals surface area contributed by atoms with Gasteiger partial charge in [-0.1, -0.05) is 56.0 Å². The third-order valence-corrected chi connectivity index (χ3v) is 7.23. The van der Waals surface area contributed by atoms with Gasteiger partial charge in [0, 0.05) is 38.5 Å². The SMILES string of the molecule is CCCCCC1CN(CC(=O)N2CCCC(CO)C2)CC2=CC(c3ccc(C)cc3)NN21. The van der Waals surface area contributed by atoms with Crippen LogP contribution in [0, 0.1) is 12.8 Å². The smallest absolute Gasteiger partial charge is 0.236 e. The highest BCUT2D eigenvalue weighted by atomic mass is 16.3. The molecular weight excluding hydrogens is 400 g/mol. The van der Waals surface area contributed by atoms with E-state index in [0.717, 1.165) is 38.9 Å². The van der Waals surface area contributed by atoms with Crippen molar-refractivity contribution < 1.29 is 9.90 Å². The molecule has 3 atom stereocenters. The van der Waals surface area contributed by atoms with E-state index in [1.807, 2.05) is 4.90 Å². The number of hydrogen-bond donors (Lipinski definition) is 2. The lowest BCUT2D eigenvalue weighted by Crippen LogP contribution is -2.56. The molecule has 3 heterocycles. The van der Waals surface area contributed by atoms with Crippen molar-refractivity contribution in [3.8, 4) is 0 Å². The number of aryl methyl sites for hydroxylation is 1. The number of hydrazine groups is 1. The summed E-state index contributed by atoms with van der Waals surface area (Å²) in [5.41, 5.74) is 7.61. The number of likely N-dealkylation sites (tertiary alicyclic amines) is 1. The number of unbranched alkanes of at least 4 members (excludes halogenated alkanes) is 2. The van der Waals surface area contributed by atoms with Crippen molar-refractivity contribution in [1.82, 2.24) is 20.2 Å². The fourth-order valence-corrected chi connectivity index (χ4v) is 5.33. The lowest BCUT2D eigenvalue weighted by atomic mass is 9.99. The summed E-state index contributed by atoms with van der Waals surface area (Å²) in [7, 11) is 0. The van der Waals surface area contributed by atoms with Crippen LogP contribution in [0.25, 0.3) is 0 Å². The molecule has 2 saturated heterocycles. The van der Waals surface area contributed by atoms with E-state index in [2.05, 4.69) is 59.5 Å². The summed E-state index contributed by atoms with van der Waals surface area (Å²) >= 11 is 0. The molecule has 0 bridgehead atoms. The third kappa shape index (κ3) is 5.53. The van der Waals surface area contributed by atoms with Gasteiger partial charge in [0.15, 0.2) is 0 Å². The van der Waals surface area contributed by atoms with Crippen LogP contribution in [0.4, 0.5) is 0 Å².